The van der Waals surface area contributed by atoms with E-state index in [1.807, 2.05) is 13.8 Å². The summed E-state index contributed by atoms with van der Waals surface area (Å²) >= 11 is 6.05. The maximum atomic E-state index is 13.5. The molecule has 0 radical (unpaired) electrons. The van der Waals surface area contributed by atoms with Crippen molar-refractivity contribution in [2.45, 2.75) is 33.2 Å². The van der Waals surface area contributed by atoms with Crippen LogP contribution in [0.4, 0.5) is 4.39 Å². The molecule has 108 valence electrons. The highest BCUT2D eigenvalue weighted by molar-refractivity contribution is 6.31. The average molecular weight is 296 g/mol. The Morgan fingerprint density at radius 3 is 2.80 bits per heavy atom. The van der Waals surface area contributed by atoms with Gasteiger partial charge in [-0.1, -0.05) is 18.5 Å². The molecule has 1 heterocycles. The molecule has 0 aliphatic carbocycles. The Morgan fingerprint density at radius 1 is 1.45 bits per heavy atom. The summed E-state index contributed by atoms with van der Waals surface area (Å²) in [6.45, 7) is 6.85. The fraction of sp³-hybridized carbons (Fsp3) is 0.400. The van der Waals surface area contributed by atoms with Crippen molar-refractivity contribution in [3.05, 3.63) is 46.5 Å². The highest BCUT2D eigenvalue weighted by atomic mass is 35.5. The van der Waals surface area contributed by atoms with Crippen LogP contribution in [0.3, 0.4) is 0 Å². The van der Waals surface area contributed by atoms with Gasteiger partial charge in [-0.25, -0.2) is 9.07 Å². The first-order valence-corrected chi connectivity index (χ1v) is 7.15. The maximum absolute atomic E-state index is 13.5. The summed E-state index contributed by atoms with van der Waals surface area (Å²) in [6.07, 6.45) is 2.78. The number of benzene rings is 1. The molecule has 1 N–H and O–H groups in total. The summed E-state index contributed by atoms with van der Waals surface area (Å²) in [5.74, 6) is -0.246. The van der Waals surface area contributed by atoms with E-state index in [2.05, 4.69) is 17.3 Å². The van der Waals surface area contributed by atoms with E-state index in [1.165, 1.54) is 6.07 Å². The Kier molecular flexibility index (Phi) is 4.78. The van der Waals surface area contributed by atoms with Gasteiger partial charge in [0.2, 0.25) is 0 Å². The summed E-state index contributed by atoms with van der Waals surface area (Å²) in [4.78, 5) is 0. The molecule has 0 spiro atoms. The molecule has 2 rings (SSSR count). The van der Waals surface area contributed by atoms with Crippen LogP contribution in [-0.2, 0) is 0 Å². The Hall–Kier alpha value is -1.39. The third kappa shape index (κ3) is 3.19. The van der Waals surface area contributed by atoms with E-state index < -0.39 is 0 Å². The minimum atomic E-state index is -0.246. The third-order valence-electron chi connectivity index (χ3n) is 3.24. The lowest BCUT2D eigenvalue weighted by Crippen LogP contribution is -2.21. The molecule has 0 amide bonds. The van der Waals surface area contributed by atoms with Crippen LogP contribution >= 0.6 is 11.6 Å². The normalized spacial score (nSPS) is 12.7. The number of halogens is 2. The van der Waals surface area contributed by atoms with E-state index >= 15 is 0 Å². The smallest absolute Gasteiger partial charge is 0.123 e. The quantitative estimate of drug-likeness (QED) is 0.902. The minimum Gasteiger partial charge on any atom is -0.310 e. The number of nitrogens with zero attached hydrogens (tertiary/aromatic N) is 2. The molecule has 1 unspecified atom stereocenters. The van der Waals surface area contributed by atoms with Gasteiger partial charge in [0.25, 0.3) is 0 Å². The van der Waals surface area contributed by atoms with Gasteiger partial charge in [-0.05, 0) is 50.6 Å². The zero-order valence-electron chi connectivity index (χ0n) is 12.0. The molecule has 0 saturated heterocycles. The van der Waals surface area contributed by atoms with Gasteiger partial charge in [0.1, 0.15) is 5.82 Å². The van der Waals surface area contributed by atoms with E-state index in [0.717, 1.165) is 29.9 Å². The van der Waals surface area contributed by atoms with E-state index in [1.54, 1.807) is 23.0 Å². The fourth-order valence-corrected chi connectivity index (χ4v) is 2.24. The first kappa shape index (κ1) is 15.0. The molecule has 1 aromatic heterocycles. The number of aryl methyl sites for hydroxylation is 1. The second kappa shape index (κ2) is 6.37. The van der Waals surface area contributed by atoms with Crippen LogP contribution in [0, 0.1) is 12.7 Å². The predicted molar refractivity (Wildman–Crippen MR) is 80.0 cm³/mol. The van der Waals surface area contributed by atoms with Crippen molar-refractivity contribution in [1.82, 2.24) is 15.1 Å². The van der Waals surface area contributed by atoms with Crippen molar-refractivity contribution in [2.24, 2.45) is 0 Å². The van der Waals surface area contributed by atoms with E-state index in [9.17, 15) is 4.39 Å². The highest BCUT2D eigenvalue weighted by Crippen LogP contribution is 2.24. The lowest BCUT2D eigenvalue weighted by Gasteiger charge is -2.18. The standard InChI is InChI=1S/C15H19ClFN3/c1-4-7-18-10(2)13-8-12(17)5-6-15(13)20-9-14(16)11(3)19-20/h5-6,8-10,18H,4,7H2,1-3H3. The Bertz CT molecular complexity index is 575. The summed E-state index contributed by atoms with van der Waals surface area (Å²) in [5, 5.41) is 8.34. The Morgan fingerprint density at radius 2 is 2.20 bits per heavy atom. The third-order valence-corrected chi connectivity index (χ3v) is 3.61. The van der Waals surface area contributed by atoms with Crippen molar-refractivity contribution in [3.8, 4) is 5.69 Å². The Labute approximate surface area is 123 Å². The number of rotatable bonds is 5. The van der Waals surface area contributed by atoms with Crippen molar-refractivity contribution in [1.29, 1.82) is 0 Å². The SMILES string of the molecule is CCCNC(C)c1cc(F)ccc1-n1cc(Cl)c(C)n1. The molecule has 0 aliphatic heterocycles. The van der Waals surface area contributed by atoms with Gasteiger partial charge in [0.15, 0.2) is 0 Å². The molecule has 1 aromatic carbocycles. The first-order valence-electron chi connectivity index (χ1n) is 6.78. The highest BCUT2D eigenvalue weighted by Gasteiger charge is 2.14. The predicted octanol–water partition coefficient (Wildman–Crippen LogP) is 4.03. The van der Waals surface area contributed by atoms with E-state index in [-0.39, 0.29) is 11.9 Å². The van der Waals surface area contributed by atoms with Crippen molar-refractivity contribution in [2.75, 3.05) is 6.54 Å². The number of nitrogens with one attached hydrogen (secondary N) is 1. The van der Waals surface area contributed by atoms with Crippen LogP contribution in [-0.4, -0.2) is 16.3 Å². The lowest BCUT2D eigenvalue weighted by molar-refractivity contribution is 0.558. The van der Waals surface area contributed by atoms with Gasteiger partial charge < -0.3 is 5.32 Å². The van der Waals surface area contributed by atoms with Gasteiger partial charge in [-0.15, -0.1) is 0 Å². The van der Waals surface area contributed by atoms with Crippen molar-refractivity contribution < 1.29 is 4.39 Å². The zero-order valence-corrected chi connectivity index (χ0v) is 12.7. The van der Waals surface area contributed by atoms with Crippen molar-refractivity contribution >= 4 is 11.6 Å². The Balaban J connectivity index is 2.42. The monoisotopic (exact) mass is 295 g/mol. The van der Waals surface area contributed by atoms with Gasteiger partial charge in [-0.2, -0.15) is 5.10 Å². The molecule has 0 bridgehead atoms. The fourth-order valence-electron chi connectivity index (χ4n) is 2.11. The molecular weight excluding hydrogens is 277 g/mol. The van der Waals surface area contributed by atoms with Gasteiger partial charge >= 0.3 is 0 Å². The van der Waals surface area contributed by atoms with Gasteiger partial charge in [0.05, 0.1) is 16.4 Å². The summed E-state index contributed by atoms with van der Waals surface area (Å²) in [6, 6.07) is 4.77. The second-order valence-electron chi connectivity index (χ2n) is 4.89. The zero-order chi connectivity index (χ0) is 14.7. The van der Waals surface area contributed by atoms with E-state index in [0.29, 0.717) is 5.02 Å². The molecule has 0 saturated carbocycles. The topological polar surface area (TPSA) is 29.9 Å². The van der Waals surface area contributed by atoms with Crippen LogP contribution in [0.2, 0.25) is 5.02 Å². The maximum Gasteiger partial charge on any atom is 0.123 e. The number of hydrogen-bond donors (Lipinski definition) is 1. The molecule has 2 aromatic rings. The van der Waals surface area contributed by atoms with Crippen LogP contribution in [0.1, 0.15) is 37.6 Å². The first-order chi connectivity index (χ1) is 9.52. The summed E-state index contributed by atoms with van der Waals surface area (Å²) in [7, 11) is 0. The molecule has 5 heteroatoms. The molecule has 0 aliphatic rings. The van der Waals surface area contributed by atoms with Crippen LogP contribution < -0.4 is 5.32 Å². The molecule has 0 fully saturated rings. The van der Waals surface area contributed by atoms with Crippen LogP contribution in [0.5, 0.6) is 0 Å². The number of hydrogen-bond acceptors (Lipinski definition) is 2. The molecule has 1 atom stereocenters. The molecule has 3 nitrogen and oxygen atoms in total. The molecular formula is C15H19ClFN3. The van der Waals surface area contributed by atoms with Gasteiger partial charge in [0, 0.05) is 12.2 Å². The average Bonchev–Trinajstić information content (AvgIpc) is 2.75. The van der Waals surface area contributed by atoms with Gasteiger partial charge in [-0.3, -0.25) is 0 Å². The summed E-state index contributed by atoms with van der Waals surface area (Å²) < 4.78 is 15.3. The number of aromatic nitrogens is 2. The second-order valence-corrected chi connectivity index (χ2v) is 5.29. The van der Waals surface area contributed by atoms with Crippen LogP contribution in [0.15, 0.2) is 24.4 Å². The van der Waals surface area contributed by atoms with Crippen LogP contribution in [0.25, 0.3) is 5.69 Å². The summed E-state index contributed by atoms with van der Waals surface area (Å²) in [5.41, 5.74) is 2.48. The minimum absolute atomic E-state index is 0.0453. The van der Waals surface area contributed by atoms with Crippen molar-refractivity contribution in [3.63, 3.8) is 0 Å². The lowest BCUT2D eigenvalue weighted by atomic mass is 10.1. The largest absolute Gasteiger partial charge is 0.310 e. The molecule has 20 heavy (non-hydrogen) atoms. The van der Waals surface area contributed by atoms with E-state index in [4.69, 9.17) is 11.6 Å².